The number of hydrogen-bond acceptors (Lipinski definition) is 3. The molecule has 0 aliphatic carbocycles. The van der Waals surface area contributed by atoms with E-state index in [4.69, 9.17) is 0 Å². The number of hydrogen-bond donors (Lipinski definition) is 1. The highest BCUT2D eigenvalue weighted by atomic mass is 32.2. The van der Waals surface area contributed by atoms with Gasteiger partial charge in [0.15, 0.2) is 0 Å². The van der Waals surface area contributed by atoms with Crippen LogP contribution in [0.2, 0.25) is 0 Å². The van der Waals surface area contributed by atoms with Crippen molar-refractivity contribution in [3.63, 3.8) is 0 Å². The highest BCUT2D eigenvalue weighted by Gasteiger charge is 2.30. The number of amides is 2. The van der Waals surface area contributed by atoms with Crippen LogP contribution < -0.4 is 5.32 Å². The Morgan fingerprint density at radius 3 is 2.03 bits per heavy atom. The summed E-state index contributed by atoms with van der Waals surface area (Å²) in [5.41, 5.74) is 5.72. The van der Waals surface area contributed by atoms with Crippen molar-refractivity contribution in [2.24, 2.45) is 0 Å². The Bertz CT molecular complexity index is 1050. The number of carbonyl (C=O) groups is 2. The maximum Gasteiger partial charge on any atom is 0.243 e. The molecule has 2 amide bonds. The molecule has 4 nitrogen and oxygen atoms in total. The molecule has 0 saturated carbocycles. The molecule has 0 heterocycles. The zero-order chi connectivity index (χ0) is 24.3. The predicted molar refractivity (Wildman–Crippen MR) is 142 cm³/mol. The molecule has 0 aromatic heterocycles. The third-order valence-corrected chi connectivity index (χ3v) is 6.58. The van der Waals surface area contributed by atoms with Crippen LogP contribution in [0, 0.1) is 13.8 Å². The van der Waals surface area contributed by atoms with Crippen molar-refractivity contribution in [1.29, 1.82) is 0 Å². The summed E-state index contributed by atoms with van der Waals surface area (Å²) in [5, 5.41) is 2.94. The van der Waals surface area contributed by atoms with E-state index < -0.39 is 6.04 Å². The molecule has 1 N–H and O–H groups in total. The van der Waals surface area contributed by atoms with Crippen molar-refractivity contribution in [2.45, 2.75) is 45.5 Å². The molecule has 178 valence electrons. The number of rotatable bonds is 11. The number of aryl methyl sites for hydroxylation is 2. The van der Waals surface area contributed by atoms with Crippen LogP contribution in [0.15, 0.2) is 78.9 Å². The predicted octanol–water partition coefficient (Wildman–Crippen LogP) is 5.31. The molecule has 0 bridgehead atoms. The minimum absolute atomic E-state index is 0.0228. The summed E-state index contributed by atoms with van der Waals surface area (Å²) in [4.78, 5) is 28.4. The minimum Gasteiger partial charge on any atom is -0.355 e. The van der Waals surface area contributed by atoms with Crippen LogP contribution in [0.5, 0.6) is 0 Å². The van der Waals surface area contributed by atoms with Crippen LogP contribution in [0.25, 0.3) is 0 Å². The van der Waals surface area contributed by atoms with Crippen molar-refractivity contribution < 1.29 is 9.59 Å². The summed E-state index contributed by atoms with van der Waals surface area (Å²) < 4.78 is 0. The van der Waals surface area contributed by atoms with Crippen molar-refractivity contribution >= 4 is 23.6 Å². The molecule has 0 radical (unpaired) electrons. The van der Waals surface area contributed by atoms with Gasteiger partial charge in [0.1, 0.15) is 6.04 Å². The number of benzene rings is 3. The standard InChI is InChI=1S/C29H34N2O2S/c1-4-30-29(33)27(18-24-11-7-5-8-12-24)31(19-25-13-9-6-10-14-25)28(32)21-34-20-26-16-22(2)15-23(3)17-26/h5-17,27H,4,18-21H2,1-3H3,(H,30,33)/t27-/m1/s1. The van der Waals surface area contributed by atoms with Crippen LogP contribution in [0.3, 0.4) is 0 Å². The lowest BCUT2D eigenvalue weighted by Crippen LogP contribution is -2.51. The molecule has 0 unspecified atom stereocenters. The fourth-order valence-electron chi connectivity index (χ4n) is 4.12. The van der Waals surface area contributed by atoms with E-state index in [1.54, 1.807) is 16.7 Å². The third kappa shape index (κ3) is 7.77. The quantitative estimate of drug-likeness (QED) is 0.410. The molecule has 3 rings (SSSR count). The maximum absolute atomic E-state index is 13.5. The maximum atomic E-state index is 13.5. The topological polar surface area (TPSA) is 49.4 Å². The highest BCUT2D eigenvalue weighted by Crippen LogP contribution is 2.19. The van der Waals surface area contributed by atoms with Crippen molar-refractivity contribution in [3.8, 4) is 0 Å². The van der Waals surface area contributed by atoms with Crippen molar-refractivity contribution in [3.05, 3.63) is 107 Å². The second-order valence-electron chi connectivity index (χ2n) is 8.60. The Labute approximate surface area is 207 Å². The van der Waals surface area contributed by atoms with E-state index in [1.807, 2.05) is 67.6 Å². The monoisotopic (exact) mass is 474 g/mol. The van der Waals surface area contributed by atoms with Crippen molar-refractivity contribution in [2.75, 3.05) is 12.3 Å². The van der Waals surface area contributed by atoms with E-state index in [-0.39, 0.29) is 11.8 Å². The second-order valence-corrected chi connectivity index (χ2v) is 9.58. The number of likely N-dealkylation sites (N-methyl/N-ethyl adjacent to an activating group) is 1. The fourth-order valence-corrected chi connectivity index (χ4v) is 4.96. The summed E-state index contributed by atoms with van der Waals surface area (Å²) in [6, 6.07) is 25.7. The van der Waals surface area contributed by atoms with Gasteiger partial charge in [0.25, 0.3) is 0 Å². The van der Waals surface area contributed by atoms with Gasteiger partial charge in [-0.15, -0.1) is 11.8 Å². The summed E-state index contributed by atoms with van der Waals surface area (Å²) in [7, 11) is 0. The van der Waals surface area contributed by atoms with Gasteiger partial charge in [0.05, 0.1) is 5.75 Å². The van der Waals surface area contributed by atoms with Gasteiger partial charge in [-0.3, -0.25) is 9.59 Å². The molecule has 34 heavy (non-hydrogen) atoms. The van der Waals surface area contributed by atoms with Gasteiger partial charge in [-0.2, -0.15) is 0 Å². The lowest BCUT2D eigenvalue weighted by atomic mass is 10.0. The first-order valence-corrected chi connectivity index (χ1v) is 12.9. The van der Waals surface area contributed by atoms with Crippen LogP contribution in [-0.4, -0.2) is 35.1 Å². The van der Waals surface area contributed by atoms with Crippen LogP contribution >= 0.6 is 11.8 Å². The average molecular weight is 475 g/mol. The SMILES string of the molecule is CCNC(=O)[C@@H](Cc1ccccc1)N(Cc1ccccc1)C(=O)CSCc1cc(C)cc(C)c1. The minimum atomic E-state index is -0.572. The molecule has 0 saturated heterocycles. The first-order valence-electron chi connectivity index (χ1n) is 11.8. The Morgan fingerprint density at radius 2 is 1.44 bits per heavy atom. The van der Waals surface area contributed by atoms with Crippen LogP contribution in [0.1, 0.15) is 34.7 Å². The molecule has 0 fully saturated rings. The molecular formula is C29H34N2O2S. The van der Waals surface area contributed by atoms with E-state index in [0.29, 0.717) is 25.3 Å². The van der Waals surface area contributed by atoms with E-state index in [2.05, 4.69) is 37.4 Å². The summed E-state index contributed by atoms with van der Waals surface area (Å²) >= 11 is 1.60. The van der Waals surface area contributed by atoms with E-state index in [0.717, 1.165) is 16.9 Å². The molecule has 0 aliphatic heterocycles. The number of nitrogens with one attached hydrogen (secondary N) is 1. The molecule has 0 spiro atoms. The first kappa shape index (κ1) is 25.6. The van der Waals surface area contributed by atoms with Gasteiger partial charge in [0, 0.05) is 25.3 Å². The molecule has 0 aliphatic rings. The summed E-state index contributed by atoms with van der Waals surface area (Å²) in [6.45, 7) is 7.01. The fraction of sp³-hybridized carbons (Fsp3) is 0.310. The molecular weight excluding hydrogens is 440 g/mol. The number of carbonyl (C=O) groups excluding carboxylic acids is 2. The van der Waals surface area contributed by atoms with E-state index in [1.165, 1.54) is 16.7 Å². The number of nitrogens with zero attached hydrogens (tertiary/aromatic N) is 1. The third-order valence-electron chi connectivity index (χ3n) is 5.59. The molecule has 3 aromatic carbocycles. The Hall–Kier alpha value is -3.05. The van der Waals surface area contributed by atoms with Crippen LogP contribution in [0.4, 0.5) is 0 Å². The smallest absolute Gasteiger partial charge is 0.243 e. The highest BCUT2D eigenvalue weighted by molar-refractivity contribution is 7.99. The lowest BCUT2D eigenvalue weighted by molar-refractivity contribution is -0.139. The zero-order valence-corrected chi connectivity index (χ0v) is 21.1. The zero-order valence-electron chi connectivity index (χ0n) is 20.3. The number of thioether (sulfide) groups is 1. The van der Waals surface area contributed by atoms with E-state index in [9.17, 15) is 9.59 Å². The van der Waals surface area contributed by atoms with Gasteiger partial charge in [-0.25, -0.2) is 0 Å². The van der Waals surface area contributed by atoms with Crippen LogP contribution in [-0.2, 0) is 28.3 Å². The van der Waals surface area contributed by atoms with E-state index >= 15 is 0 Å². The van der Waals surface area contributed by atoms with Gasteiger partial charge in [-0.05, 0) is 37.5 Å². The normalized spacial score (nSPS) is 11.6. The first-order chi connectivity index (χ1) is 16.5. The van der Waals surface area contributed by atoms with Gasteiger partial charge in [0.2, 0.25) is 11.8 Å². The van der Waals surface area contributed by atoms with Gasteiger partial charge < -0.3 is 10.2 Å². The summed E-state index contributed by atoms with van der Waals surface area (Å²) in [5.74, 6) is 0.947. The Kier molecular flexibility index (Phi) is 9.77. The Balaban J connectivity index is 1.80. The summed E-state index contributed by atoms with van der Waals surface area (Å²) in [6.07, 6.45) is 0.479. The molecule has 3 aromatic rings. The largest absolute Gasteiger partial charge is 0.355 e. The molecule has 5 heteroatoms. The van der Waals surface area contributed by atoms with Gasteiger partial charge >= 0.3 is 0 Å². The van der Waals surface area contributed by atoms with Gasteiger partial charge in [-0.1, -0.05) is 90.0 Å². The van der Waals surface area contributed by atoms with Crippen molar-refractivity contribution in [1.82, 2.24) is 10.2 Å². The lowest BCUT2D eigenvalue weighted by Gasteiger charge is -2.31. The average Bonchev–Trinajstić information content (AvgIpc) is 2.82. The Morgan fingerprint density at radius 1 is 0.853 bits per heavy atom. The second kappa shape index (κ2) is 13.0. The molecule has 1 atom stereocenters.